The van der Waals surface area contributed by atoms with Gasteiger partial charge in [0.2, 0.25) is 0 Å². The fourth-order valence-electron chi connectivity index (χ4n) is 4.40. The molecule has 0 atom stereocenters. The molecule has 0 radical (unpaired) electrons. The number of thiophene rings is 1. The Labute approximate surface area is 202 Å². The van der Waals surface area contributed by atoms with E-state index >= 15 is 0 Å². The van der Waals surface area contributed by atoms with Crippen molar-refractivity contribution in [2.45, 2.75) is 0 Å². The quantitative estimate of drug-likeness (QED) is 0.242. The number of para-hydroxylation sites is 2. The molecule has 0 bridgehead atoms. The Morgan fingerprint density at radius 2 is 1.03 bits per heavy atom. The molecule has 3 heteroatoms. The molecule has 1 heterocycles. The second-order valence-electron chi connectivity index (χ2n) is 8.19. The third kappa shape index (κ3) is 3.66. The maximum atomic E-state index is 13.4. The lowest BCUT2D eigenvalue weighted by Crippen LogP contribution is -2.10. The lowest BCUT2D eigenvalue weighted by atomic mass is 10.0. The van der Waals surface area contributed by atoms with Crippen molar-refractivity contribution in [2.75, 3.05) is 4.90 Å². The minimum atomic E-state index is 0.0368. The van der Waals surface area contributed by atoms with Crippen molar-refractivity contribution < 1.29 is 4.79 Å². The Hall–Kier alpha value is -4.21. The van der Waals surface area contributed by atoms with Crippen molar-refractivity contribution in [2.24, 2.45) is 0 Å². The first-order chi connectivity index (χ1) is 16.8. The second kappa shape index (κ2) is 8.62. The molecular formula is C31H21NOS. The van der Waals surface area contributed by atoms with Crippen LogP contribution in [0.3, 0.4) is 0 Å². The normalized spacial score (nSPS) is 11.1. The van der Waals surface area contributed by atoms with Gasteiger partial charge < -0.3 is 4.90 Å². The topological polar surface area (TPSA) is 20.3 Å². The molecule has 162 valence electrons. The Morgan fingerprint density at radius 3 is 1.71 bits per heavy atom. The van der Waals surface area contributed by atoms with Crippen molar-refractivity contribution in [3.05, 3.63) is 139 Å². The van der Waals surface area contributed by atoms with Crippen molar-refractivity contribution in [3.63, 3.8) is 0 Å². The summed E-state index contributed by atoms with van der Waals surface area (Å²) in [6.45, 7) is 0. The standard InChI is InChI=1S/C31H21NOS/c33-31(23-17-20-30-28(21-23)27-13-7-8-14-29(27)34-30)22-15-18-26(19-16-22)32(24-9-3-1-4-10-24)25-11-5-2-6-12-25/h1-21H. The zero-order valence-electron chi connectivity index (χ0n) is 18.4. The highest BCUT2D eigenvalue weighted by molar-refractivity contribution is 7.25. The predicted octanol–water partition coefficient (Wildman–Crippen LogP) is 8.76. The number of benzene rings is 5. The first-order valence-corrected chi connectivity index (χ1v) is 12.1. The van der Waals surface area contributed by atoms with Crippen LogP contribution in [0.2, 0.25) is 0 Å². The monoisotopic (exact) mass is 455 g/mol. The van der Waals surface area contributed by atoms with Crippen LogP contribution < -0.4 is 4.90 Å². The van der Waals surface area contributed by atoms with E-state index in [1.165, 1.54) is 14.8 Å². The molecule has 5 aromatic carbocycles. The smallest absolute Gasteiger partial charge is 0.193 e. The molecule has 0 amide bonds. The van der Waals surface area contributed by atoms with Gasteiger partial charge in [-0.3, -0.25) is 4.79 Å². The molecule has 0 N–H and O–H groups in total. The number of ketones is 1. The number of fused-ring (bicyclic) bond motifs is 3. The number of carbonyl (C=O) groups excluding carboxylic acids is 1. The third-order valence-electron chi connectivity index (χ3n) is 6.06. The molecule has 0 fully saturated rings. The van der Waals surface area contributed by atoms with Crippen molar-refractivity contribution in [1.82, 2.24) is 0 Å². The van der Waals surface area contributed by atoms with Gasteiger partial charge in [0.15, 0.2) is 5.78 Å². The molecule has 0 spiro atoms. The maximum Gasteiger partial charge on any atom is 0.193 e. The van der Waals surface area contributed by atoms with E-state index in [2.05, 4.69) is 53.4 Å². The van der Waals surface area contributed by atoms with Gasteiger partial charge in [0.25, 0.3) is 0 Å². The average Bonchev–Trinajstić information content (AvgIpc) is 3.28. The molecule has 0 aliphatic heterocycles. The van der Waals surface area contributed by atoms with Gasteiger partial charge in [-0.15, -0.1) is 11.3 Å². The average molecular weight is 456 g/mol. The van der Waals surface area contributed by atoms with Crippen molar-refractivity contribution in [3.8, 4) is 0 Å². The molecule has 1 aromatic heterocycles. The van der Waals surface area contributed by atoms with E-state index in [0.717, 1.165) is 22.4 Å². The molecule has 0 saturated heterocycles. The lowest BCUT2D eigenvalue weighted by Gasteiger charge is -2.25. The number of hydrogen-bond donors (Lipinski definition) is 0. The van der Waals surface area contributed by atoms with Gasteiger partial charge in [-0.05, 0) is 72.8 Å². The number of carbonyl (C=O) groups is 1. The molecule has 2 nitrogen and oxygen atoms in total. The summed E-state index contributed by atoms with van der Waals surface area (Å²) in [6.07, 6.45) is 0. The molecule has 34 heavy (non-hydrogen) atoms. The molecule has 0 aliphatic carbocycles. The van der Waals surface area contributed by atoms with Crippen LogP contribution in [0.1, 0.15) is 15.9 Å². The Morgan fingerprint density at radius 1 is 0.500 bits per heavy atom. The van der Waals surface area contributed by atoms with E-state index in [1.54, 1.807) is 11.3 Å². The first kappa shape index (κ1) is 20.4. The molecule has 6 rings (SSSR count). The highest BCUT2D eigenvalue weighted by Crippen LogP contribution is 2.36. The van der Waals surface area contributed by atoms with Gasteiger partial charge in [-0.2, -0.15) is 0 Å². The first-order valence-electron chi connectivity index (χ1n) is 11.2. The Kier molecular flexibility index (Phi) is 5.17. The summed E-state index contributed by atoms with van der Waals surface area (Å²) >= 11 is 1.76. The summed E-state index contributed by atoms with van der Waals surface area (Å²) in [5.41, 5.74) is 4.55. The highest BCUT2D eigenvalue weighted by atomic mass is 32.1. The SMILES string of the molecule is O=C(c1ccc(N(c2ccccc2)c2ccccc2)cc1)c1ccc2sc3ccccc3c2c1. The minimum absolute atomic E-state index is 0.0368. The fourth-order valence-corrected chi connectivity index (χ4v) is 5.48. The maximum absolute atomic E-state index is 13.4. The number of hydrogen-bond acceptors (Lipinski definition) is 3. The van der Waals surface area contributed by atoms with Crippen molar-refractivity contribution in [1.29, 1.82) is 0 Å². The van der Waals surface area contributed by atoms with E-state index in [4.69, 9.17) is 0 Å². The molecule has 0 aliphatic rings. The summed E-state index contributed by atoms with van der Waals surface area (Å²) in [6, 6.07) is 42.8. The third-order valence-corrected chi connectivity index (χ3v) is 7.21. The summed E-state index contributed by atoms with van der Waals surface area (Å²) in [5.74, 6) is 0.0368. The van der Waals surface area contributed by atoms with Crippen LogP contribution in [-0.4, -0.2) is 5.78 Å². The van der Waals surface area contributed by atoms with Gasteiger partial charge in [0, 0.05) is 48.4 Å². The number of nitrogens with zero attached hydrogens (tertiary/aromatic N) is 1. The van der Waals surface area contributed by atoms with E-state index in [9.17, 15) is 4.79 Å². The molecular weight excluding hydrogens is 434 g/mol. The number of rotatable bonds is 5. The van der Waals surface area contributed by atoms with Crippen LogP contribution >= 0.6 is 11.3 Å². The van der Waals surface area contributed by atoms with Gasteiger partial charge in [0.1, 0.15) is 0 Å². The zero-order chi connectivity index (χ0) is 22.9. The highest BCUT2D eigenvalue weighted by Gasteiger charge is 2.15. The Balaban J connectivity index is 1.36. The van der Waals surface area contributed by atoms with E-state index in [0.29, 0.717) is 11.1 Å². The molecule has 0 unspecified atom stereocenters. The zero-order valence-corrected chi connectivity index (χ0v) is 19.2. The van der Waals surface area contributed by atoms with Crippen LogP contribution in [0.4, 0.5) is 17.1 Å². The van der Waals surface area contributed by atoms with Crippen LogP contribution in [-0.2, 0) is 0 Å². The summed E-state index contributed by atoms with van der Waals surface area (Å²) < 4.78 is 2.45. The van der Waals surface area contributed by atoms with Crippen molar-refractivity contribution >= 4 is 54.4 Å². The van der Waals surface area contributed by atoms with Gasteiger partial charge in [0.05, 0.1) is 0 Å². The predicted molar refractivity (Wildman–Crippen MR) is 144 cm³/mol. The van der Waals surface area contributed by atoms with Crippen LogP contribution in [0, 0.1) is 0 Å². The van der Waals surface area contributed by atoms with E-state index in [1.807, 2.05) is 78.9 Å². The number of anilines is 3. The van der Waals surface area contributed by atoms with E-state index < -0.39 is 0 Å². The van der Waals surface area contributed by atoms with Gasteiger partial charge in [-0.1, -0.05) is 54.6 Å². The van der Waals surface area contributed by atoms with E-state index in [-0.39, 0.29) is 5.78 Å². The fraction of sp³-hybridized carbons (Fsp3) is 0. The van der Waals surface area contributed by atoms with Gasteiger partial charge in [-0.25, -0.2) is 0 Å². The summed E-state index contributed by atoms with van der Waals surface area (Å²) in [4.78, 5) is 15.6. The summed E-state index contributed by atoms with van der Waals surface area (Å²) in [5, 5.41) is 2.34. The Bertz CT molecular complexity index is 1560. The largest absolute Gasteiger partial charge is 0.311 e. The van der Waals surface area contributed by atoms with Crippen LogP contribution in [0.25, 0.3) is 20.2 Å². The second-order valence-corrected chi connectivity index (χ2v) is 9.28. The molecule has 6 aromatic rings. The summed E-state index contributed by atoms with van der Waals surface area (Å²) in [7, 11) is 0. The van der Waals surface area contributed by atoms with Crippen LogP contribution in [0.5, 0.6) is 0 Å². The van der Waals surface area contributed by atoms with Gasteiger partial charge >= 0.3 is 0 Å². The molecule has 0 saturated carbocycles. The van der Waals surface area contributed by atoms with Crippen LogP contribution in [0.15, 0.2) is 127 Å². The lowest BCUT2D eigenvalue weighted by molar-refractivity contribution is 0.103. The minimum Gasteiger partial charge on any atom is -0.311 e.